The maximum atomic E-state index is 11.8. The minimum atomic E-state index is -0.567. The third kappa shape index (κ3) is 5.57. The van der Waals surface area contributed by atoms with Gasteiger partial charge in [-0.2, -0.15) is 0 Å². The highest BCUT2D eigenvalue weighted by Gasteiger charge is 2.16. The number of carbonyl (C=O) groups excluding carboxylic acids is 1. The Morgan fingerprint density at radius 3 is 2.86 bits per heavy atom. The van der Waals surface area contributed by atoms with Gasteiger partial charge >= 0.3 is 5.69 Å². The number of amides is 1. The zero-order valence-corrected chi connectivity index (χ0v) is 12.7. The van der Waals surface area contributed by atoms with E-state index < -0.39 is 4.92 Å². The molecule has 0 atom stereocenters. The van der Waals surface area contributed by atoms with Crippen LogP contribution in [0, 0.1) is 10.1 Å². The number of benzene rings is 1. The van der Waals surface area contributed by atoms with E-state index >= 15 is 0 Å². The lowest BCUT2D eigenvalue weighted by Crippen LogP contribution is -2.33. The van der Waals surface area contributed by atoms with Crippen LogP contribution in [0.15, 0.2) is 18.2 Å². The molecule has 0 fully saturated rings. The standard InChI is InChI=1S/C13H18ClN3O4/c1-15-6-7-16(2)13(18)5-8-21-12-4-3-10(14)9-11(12)17(19)20/h3-4,9,15H,5-8H2,1-2H3. The topological polar surface area (TPSA) is 84.7 Å². The first-order chi connectivity index (χ1) is 9.95. The molecule has 0 radical (unpaired) electrons. The van der Waals surface area contributed by atoms with Crippen molar-refractivity contribution >= 4 is 23.2 Å². The molecule has 0 aliphatic carbocycles. The molecule has 8 heteroatoms. The van der Waals surface area contributed by atoms with Crippen molar-refractivity contribution < 1.29 is 14.5 Å². The molecule has 1 aromatic rings. The summed E-state index contributed by atoms with van der Waals surface area (Å²) in [6.07, 6.45) is 0.153. The lowest BCUT2D eigenvalue weighted by atomic mass is 10.3. The van der Waals surface area contributed by atoms with Gasteiger partial charge in [-0.15, -0.1) is 0 Å². The van der Waals surface area contributed by atoms with Gasteiger partial charge in [0, 0.05) is 31.2 Å². The van der Waals surface area contributed by atoms with Gasteiger partial charge in [0.25, 0.3) is 0 Å². The first-order valence-electron chi connectivity index (χ1n) is 6.41. The predicted molar refractivity (Wildman–Crippen MR) is 79.8 cm³/mol. The molecule has 0 aliphatic heterocycles. The van der Waals surface area contributed by atoms with Gasteiger partial charge in [0.1, 0.15) is 0 Å². The van der Waals surface area contributed by atoms with E-state index in [1.807, 2.05) is 0 Å². The van der Waals surface area contributed by atoms with E-state index in [1.54, 1.807) is 19.0 Å². The molecule has 1 rings (SSSR count). The van der Waals surface area contributed by atoms with Crippen molar-refractivity contribution in [2.45, 2.75) is 6.42 Å². The molecule has 0 saturated carbocycles. The Labute approximate surface area is 128 Å². The Morgan fingerprint density at radius 1 is 1.52 bits per heavy atom. The van der Waals surface area contributed by atoms with Crippen LogP contribution in [0.25, 0.3) is 0 Å². The Morgan fingerprint density at radius 2 is 2.24 bits per heavy atom. The summed E-state index contributed by atoms with van der Waals surface area (Å²) in [5.74, 6) is 0.0249. The fourth-order valence-electron chi connectivity index (χ4n) is 1.60. The van der Waals surface area contributed by atoms with Gasteiger partial charge in [-0.05, 0) is 19.2 Å². The smallest absolute Gasteiger partial charge is 0.312 e. The van der Waals surface area contributed by atoms with Crippen LogP contribution in [0.4, 0.5) is 5.69 Å². The monoisotopic (exact) mass is 315 g/mol. The molecule has 1 N–H and O–H groups in total. The number of rotatable bonds is 8. The normalized spacial score (nSPS) is 10.2. The quantitative estimate of drug-likeness (QED) is 0.583. The van der Waals surface area contributed by atoms with E-state index in [4.69, 9.17) is 16.3 Å². The minimum absolute atomic E-state index is 0.0746. The molecule has 116 valence electrons. The lowest BCUT2D eigenvalue weighted by molar-refractivity contribution is -0.385. The van der Waals surface area contributed by atoms with Crippen molar-refractivity contribution in [2.75, 3.05) is 33.8 Å². The van der Waals surface area contributed by atoms with Gasteiger partial charge in [0.15, 0.2) is 5.75 Å². The number of likely N-dealkylation sites (N-methyl/N-ethyl adjacent to an activating group) is 2. The summed E-state index contributed by atoms with van der Waals surface area (Å²) in [4.78, 5) is 23.7. The highest BCUT2D eigenvalue weighted by atomic mass is 35.5. The van der Waals surface area contributed by atoms with Crippen LogP contribution in [0.3, 0.4) is 0 Å². The lowest BCUT2D eigenvalue weighted by Gasteiger charge is -2.16. The molecule has 0 aromatic heterocycles. The number of hydrogen-bond donors (Lipinski definition) is 1. The second-order valence-electron chi connectivity index (χ2n) is 4.39. The van der Waals surface area contributed by atoms with Crippen LogP contribution in [-0.4, -0.2) is 49.5 Å². The van der Waals surface area contributed by atoms with Crippen molar-refractivity contribution in [3.8, 4) is 5.75 Å². The Kier molecular flexibility index (Phi) is 6.90. The summed E-state index contributed by atoms with van der Waals surface area (Å²) in [5, 5.41) is 14.1. The highest BCUT2D eigenvalue weighted by molar-refractivity contribution is 6.30. The number of ether oxygens (including phenoxy) is 1. The maximum Gasteiger partial charge on any atom is 0.312 e. The van der Waals surface area contributed by atoms with E-state index in [-0.39, 0.29) is 35.4 Å². The molecule has 0 bridgehead atoms. The second-order valence-corrected chi connectivity index (χ2v) is 4.82. The Balaban J connectivity index is 2.53. The van der Waals surface area contributed by atoms with E-state index in [0.29, 0.717) is 13.1 Å². The molecule has 21 heavy (non-hydrogen) atoms. The first kappa shape index (κ1) is 17.2. The molecule has 1 amide bonds. The number of hydrogen-bond acceptors (Lipinski definition) is 5. The number of nitrogens with zero attached hydrogens (tertiary/aromatic N) is 2. The van der Waals surface area contributed by atoms with E-state index in [2.05, 4.69) is 5.32 Å². The van der Waals surface area contributed by atoms with Gasteiger partial charge in [-0.3, -0.25) is 14.9 Å². The SMILES string of the molecule is CNCCN(C)C(=O)CCOc1ccc(Cl)cc1[N+](=O)[O-]. The third-order valence-corrected chi connectivity index (χ3v) is 3.05. The van der Waals surface area contributed by atoms with Crippen LogP contribution in [0.2, 0.25) is 5.02 Å². The largest absolute Gasteiger partial charge is 0.486 e. The molecular formula is C13H18ClN3O4. The van der Waals surface area contributed by atoms with Gasteiger partial charge in [0.05, 0.1) is 18.0 Å². The van der Waals surface area contributed by atoms with Crippen molar-refractivity contribution in [3.05, 3.63) is 33.3 Å². The van der Waals surface area contributed by atoms with E-state index in [1.165, 1.54) is 18.2 Å². The first-order valence-corrected chi connectivity index (χ1v) is 6.78. The molecule has 0 unspecified atom stereocenters. The zero-order valence-electron chi connectivity index (χ0n) is 12.0. The van der Waals surface area contributed by atoms with Crippen molar-refractivity contribution in [1.29, 1.82) is 0 Å². The second kappa shape index (κ2) is 8.43. The van der Waals surface area contributed by atoms with Crippen molar-refractivity contribution in [1.82, 2.24) is 10.2 Å². The Hall–Kier alpha value is -1.86. The van der Waals surface area contributed by atoms with Crippen LogP contribution < -0.4 is 10.1 Å². The van der Waals surface area contributed by atoms with Crippen LogP contribution in [0.1, 0.15) is 6.42 Å². The molecule has 0 heterocycles. The summed E-state index contributed by atoms with van der Waals surface area (Å²) in [6, 6.07) is 4.15. The van der Waals surface area contributed by atoms with E-state index in [9.17, 15) is 14.9 Å². The molecule has 0 aliphatic rings. The average molecular weight is 316 g/mol. The summed E-state index contributed by atoms with van der Waals surface area (Å²) in [7, 11) is 3.51. The third-order valence-electron chi connectivity index (χ3n) is 2.81. The van der Waals surface area contributed by atoms with Crippen molar-refractivity contribution in [3.63, 3.8) is 0 Å². The van der Waals surface area contributed by atoms with Gasteiger partial charge < -0.3 is 15.0 Å². The Bertz CT molecular complexity index is 510. The number of nitro groups is 1. The number of nitro benzene ring substituents is 1. The van der Waals surface area contributed by atoms with Gasteiger partial charge in [0.2, 0.25) is 5.91 Å². The van der Waals surface area contributed by atoms with Crippen LogP contribution in [-0.2, 0) is 4.79 Å². The number of nitrogens with one attached hydrogen (secondary N) is 1. The van der Waals surface area contributed by atoms with Gasteiger partial charge in [-0.25, -0.2) is 0 Å². The predicted octanol–water partition coefficient (Wildman–Crippen LogP) is 1.69. The molecule has 7 nitrogen and oxygen atoms in total. The number of carbonyl (C=O) groups is 1. The van der Waals surface area contributed by atoms with E-state index in [0.717, 1.165) is 0 Å². The molecule has 0 spiro atoms. The average Bonchev–Trinajstić information content (AvgIpc) is 2.45. The summed E-state index contributed by atoms with van der Waals surface area (Å²) in [6.45, 7) is 1.37. The fourth-order valence-corrected chi connectivity index (χ4v) is 1.76. The van der Waals surface area contributed by atoms with Crippen molar-refractivity contribution in [2.24, 2.45) is 0 Å². The summed E-state index contributed by atoms with van der Waals surface area (Å²) >= 11 is 5.71. The molecule has 0 saturated heterocycles. The molecular weight excluding hydrogens is 298 g/mol. The summed E-state index contributed by atoms with van der Waals surface area (Å²) < 4.78 is 5.32. The fraction of sp³-hybridized carbons (Fsp3) is 0.462. The zero-order chi connectivity index (χ0) is 15.8. The maximum absolute atomic E-state index is 11.8. The van der Waals surface area contributed by atoms with Crippen LogP contribution in [0.5, 0.6) is 5.75 Å². The minimum Gasteiger partial charge on any atom is -0.486 e. The van der Waals surface area contributed by atoms with Crippen LogP contribution >= 0.6 is 11.6 Å². The number of halogens is 1. The highest BCUT2D eigenvalue weighted by Crippen LogP contribution is 2.29. The van der Waals surface area contributed by atoms with Gasteiger partial charge in [-0.1, -0.05) is 11.6 Å². The molecule has 1 aromatic carbocycles. The summed E-state index contributed by atoms with van der Waals surface area (Å²) in [5.41, 5.74) is -0.210.